The van der Waals surface area contributed by atoms with E-state index < -0.39 is 5.60 Å². The van der Waals surface area contributed by atoms with Crippen LogP contribution in [0, 0.1) is 0 Å². The Hall–Kier alpha value is -2.73. The lowest BCUT2D eigenvalue weighted by Gasteiger charge is -2.35. The molecule has 2 aromatic carbocycles. The van der Waals surface area contributed by atoms with Gasteiger partial charge in [0.1, 0.15) is 17.1 Å². The van der Waals surface area contributed by atoms with Gasteiger partial charge in [-0.1, -0.05) is 30.3 Å². The molecule has 0 bridgehead atoms. The quantitative estimate of drug-likeness (QED) is 0.592. The first-order valence-corrected chi connectivity index (χ1v) is 11.5. The molecule has 0 radical (unpaired) electrons. The van der Waals surface area contributed by atoms with Crippen molar-refractivity contribution < 1.29 is 19.0 Å². The fraction of sp³-hybridized carbons (Fsp3) is 0.500. The number of hydrogen-bond acceptors (Lipinski definition) is 5. The Labute approximate surface area is 192 Å². The summed E-state index contributed by atoms with van der Waals surface area (Å²) in [6, 6.07) is 16.5. The van der Waals surface area contributed by atoms with Crippen LogP contribution in [0.25, 0.3) is 0 Å². The van der Waals surface area contributed by atoms with Gasteiger partial charge in [-0.2, -0.15) is 0 Å². The van der Waals surface area contributed by atoms with Crippen molar-refractivity contribution in [3.63, 3.8) is 0 Å². The first-order valence-electron chi connectivity index (χ1n) is 11.5. The molecule has 1 fully saturated rings. The van der Waals surface area contributed by atoms with E-state index in [0.717, 1.165) is 37.6 Å². The zero-order valence-electron chi connectivity index (χ0n) is 19.8. The van der Waals surface area contributed by atoms with Gasteiger partial charge in [0.2, 0.25) is 0 Å². The normalized spacial score (nSPS) is 14.8. The molecule has 1 aliphatic rings. The van der Waals surface area contributed by atoms with Gasteiger partial charge in [-0.05, 0) is 51.0 Å². The van der Waals surface area contributed by atoms with Crippen molar-refractivity contribution in [3.05, 3.63) is 59.7 Å². The van der Waals surface area contributed by atoms with Crippen LogP contribution in [0.3, 0.4) is 0 Å². The number of nitrogens with zero attached hydrogens (tertiary/aromatic N) is 2. The van der Waals surface area contributed by atoms with Crippen LogP contribution in [-0.4, -0.2) is 60.9 Å². The van der Waals surface area contributed by atoms with Crippen molar-refractivity contribution >= 4 is 6.09 Å². The zero-order chi connectivity index (χ0) is 23.0. The lowest BCUT2D eigenvalue weighted by Crippen LogP contribution is -2.49. The summed E-state index contributed by atoms with van der Waals surface area (Å²) in [7, 11) is 0. The number of amides is 1. The van der Waals surface area contributed by atoms with Crippen LogP contribution < -0.4 is 9.47 Å². The van der Waals surface area contributed by atoms with E-state index in [1.165, 1.54) is 11.1 Å². The Balaban J connectivity index is 1.40. The molecule has 1 saturated heterocycles. The van der Waals surface area contributed by atoms with Crippen molar-refractivity contribution in [2.75, 3.05) is 39.4 Å². The average molecular weight is 441 g/mol. The molecule has 0 atom stereocenters. The van der Waals surface area contributed by atoms with E-state index in [1.54, 1.807) is 4.90 Å². The van der Waals surface area contributed by atoms with Crippen LogP contribution in [0.15, 0.2) is 48.5 Å². The molecule has 6 nitrogen and oxygen atoms in total. The Bertz CT molecular complexity index is 853. The minimum atomic E-state index is -0.450. The largest absolute Gasteiger partial charge is 0.494 e. The lowest BCUT2D eigenvalue weighted by atomic mass is 10.1. The van der Waals surface area contributed by atoms with Crippen LogP contribution in [-0.2, 0) is 17.7 Å². The summed E-state index contributed by atoms with van der Waals surface area (Å²) in [5.74, 6) is 1.67. The summed E-state index contributed by atoms with van der Waals surface area (Å²) in [6.07, 6.45) is 0.640. The molecule has 32 heavy (non-hydrogen) atoms. The third-order valence-electron chi connectivity index (χ3n) is 5.23. The Morgan fingerprint density at radius 2 is 1.53 bits per heavy atom. The Morgan fingerprint density at radius 3 is 2.16 bits per heavy atom. The summed E-state index contributed by atoms with van der Waals surface area (Å²) in [6.45, 7) is 13.0. The second-order valence-electron chi connectivity index (χ2n) is 9.07. The summed E-state index contributed by atoms with van der Waals surface area (Å²) >= 11 is 0. The molecule has 0 aromatic heterocycles. The molecule has 0 spiro atoms. The maximum atomic E-state index is 12.2. The van der Waals surface area contributed by atoms with Gasteiger partial charge < -0.3 is 19.1 Å². The number of benzene rings is 2. The summed E-state index contributed by atoms with van der Waals surface area (Å²) in [5.41, 5.74) is 2.09. The highest BCUT2D eigenvalue weighted by atomic mass is 16.6. The molecule has 0 aliphatic carbocycles. The molecule has 0 saturated carbocycles. The van der Waals surface area contributed by atoms with Crippen molar-refractivity contribution in [2.24, 2.45) is 0 Å². The monoisotopic (exact) mass is 440 g/mol. The fourth-order valence-corrected chi connectivity index (χ4v) is 3.59. The molecule has 1 aliphatic heterocycles. The standard InChI is InChI=1S/C26H36N2O4/c1-5-30-23-7-6-8-24(19-23)31-18-13-21-9-11-22(12-10-21)20-27-14-16-28(17-15-27)25(29)32-26(2,3)4/h6-12,19H,5,13-18,20H2,1-4H3. The van der Waals surface area contributed by atoms with Gasteiger partial charge in [0.15, 0.2) is 0 Å². The third kappa shape index (κ3) is 7.75. The highest BCUT2D eigenvalue weighted by molar-refractivity contribution is 5.68. The second kappa shape index (κ2) is 11.2. The highest BCUT2D eigenvalue weighted by Crippen LogP contribution is 2.20. The van der Waals surface area contributed by atoms with Crippen LogP contribution in [0.2, 0.25) is 0 Å². The van der Waals surface area contributed by atoms with Gasteiger partial charge in [-0.15, -0.1) is 0 Å². The van der Waals surface area contributed by atoms with Gasteiger partial charge in [-0.25, -0.2) is 4.79 Å². The van der Waals surface area contributed by atoms with Crippen molar-refractivity contribution in [1.82, 2.24) is 9.80 Å². The maximum absolute atomic E-state index is 12.2. The summed E-state index contributed by atoms with van der Waals surface area (Å²) in [4.78, 5) is 16.4. The minimum absolute atomic E-state index is 0.215. The summed E-state index contributed by atoms with van der Waals surface area (Å²) < 4.78 is 16.9. The molecule has 6 heteroatoms. The van der Waals surface area contributed by atoms with E-state index >= 15 is 0 Å². The molecule has 174 valence electrons. The van der Waals surface area contributed by atoms with Gasteiger partial charge in [0.25, 0.3) is 0 Å². The molecule has 3 rings (SSSR count). The summed E-state index contributed by atoms with van der Waals surface area (Å²) in [5, 5.41) is 0. The topological polar surface area (TPSA) is 51.2 Å². The number of hydrogen-bond donors (Lipinski definition) is 0. The van der Waals surface area contributed by atoms with Crippen molar-refractivity contribution in [2.45, 2.75) is 46.3 Å². The van der Waals surface area contributed by atoms with E-state index in [-0.39, 0.29) is 6.09 Å². The number of piperazine rings is 1. The van der Waals surface area contributed by atoms with E-state index in [1.807, 2.05) is 52.0 Å². The fourth-order valence-electron chi connectivity index (χ4n) is 3.59. The Kier molecular flexibility index (Phi) is 8.39. The smallest absolute Gasteiger partial charge is 0.410 e. The van der Waals surface area contributed by atoms with E-state index in [2.05, 4.69) is 29.2 Å². The average Bonchev–Trinajstić information content (AvgIpc) is 2.75. The van der Waals surface area contributed by atoms with Gasteiger partial charge in [0, 0.05) is 45.2 Å². The second-order valence-corrected chi connectivity index (χ2v) is 9.07. The van der Waals surface area contributed by atoms with E-state index in [9.17, 15) is 4.79 Å². The number of carbonyl (C=O) groups is 1. The van der Waals surface area contributed by atoms with Crippen molar-refractivity contribution in [1.29, 1.82) is 0 Å². The van der Waals surface area contributed by atoms with Crippen LogP contribution in [0.5, 0.6) is 11.5 Å². The van der Waals surface area contributed by atoms with Crippen LogP contribution in [0.1, 0.15) is 38.8 Å². The molecule has 0 N–H and O–H groups in total. The highest BCUT2D eigenvalue weighted by Gasteiger charge is 2.25. The third-order valence-corrected chi connectivity index (χ3v) is 5.23. The zero-order valence-corrected chi connectivity index (χ0v) is 19.8. The van der Waals surface area contributed by atoms with Crippen molar-refractivity contribution in [3.8, 4) is 11.5 Å². The van der Waals surface area contributed by atoms with Gasteiger partial charge in [0.05, 0.1) is 13.2 Å². The number of ether oxygens (including phenoxy) is 3. The molecule has 1 amide bonds. The minimum Gasteiger partial charge on any atom is -0.494 e. The van der Waals surface area contributed by atoms with E-state index in [4.69, 9.17) is 14.2 Å². The first-order chi connectivity index (χ1) is 15.3. The predicted octanol–water partition coefficient (Wildman–Crippen LogP) is 4.76. The molecular formula is C26H36N2O4. The van der Waals surface area contributed by atoms with Crippen LogP contribution in [0.4, 0.5) is 4.79 Å². The molecule has 2 aromatic rings. The molecular weight excluding hydrogens is 404 g/mol. The molecule has 0 unspecified atom stereocenters. The number of rotatable bonds is 8. The van der Waals surface area contributed by atoms with E-state index in [0.29, 0.717) is 26.3 Å². The SMILES string of the molecule is CCOc1cccc(OCCc2ccc(CN3CCN(C(=O)OC(C)(C)C)CC3)cc2)c1. The molecule has 1 heterocycles. The lowest BCUT2D eigenvalue weighted by molar-refractivity contribution is 0.0139. The van der Waals surface area contributed by atoms with Gasteiger partial charge in [-0.3, -0.25) is 4.90 Å². The van der Waals surface area contributed by atoms with Gasteiger partial charge >= 0.3 is 6.09 Å². The number of carbonyl (C=O) groups excluding carboxylic acids is 1. The van der Waals surface area contributed by atoms with Crippen LogP contribution >= 0.6 is 0 Å². The first kappa shape index (κ1) is 23.9. The maximum Gasteiger partial charge on any atom is 0.410 e. The Morgan fingerprint density at radius 1 is 0.906 bits per heavy atom. The predicted molar refractivity (Wildman–Crippen MR) is 126 cm³/mol.